The zero-order chi connectivity index (χ0) is 24.5. The van der Waals surface area contributed by atoms with Crippen LogP contribution in [0.2, 0.25) is 0 Å². The topological polar surface area (TPSA) is 69.7 Å². The molecule has 1 aliphatic carbocycles. The molecular weight excluding hydrogens is 438 g/mol. The summed E-state index contributed by atoms with van der Waals surface area (Å²) in [5, 5.41) is 2.38. The van der Waals surface area contributed by atoms with E-state index in [0.29, 0.717) is 24.4 Å². The number of hydrogen-bond donors (Lipinski definition) is 1. The lowest BCUT2D eigenvalue weighted by Crippen LogP contribution is -2.52. The van der Waals surface area contributed by atoms with Gasteiger partial charge in [-0.15, -0.1) is 0 Å². The van der Waals surface area contributed by atoms with E-state index in [1.54, 1.807) is 16.0 Å². The van der Waals surface area contributed by atoms with Gasteiger partial charge in [0.2, 0.25) is 11.8 Å². The van der Waals surface area contributed by atoms with Crippen molar-refractivity contribution in [2.24, 2.45) is 5.92 Å². The van der Waals surface area contributed by atoms with Crippen molar-refractivity contribution in [2.75, 3.05) is 19.6 Å². The SMILES string of the molecule is CC(C)CC1=CC=C(CN2CCC(c3ccc4c(c3)CN(C3CCC(=O)NC3=O)C4=O)CC2)CC1. The van der Waals surface area contributed by atoms with Gasteiger partial charge in [0, 0.05) is 25.1 Å². The van der Waals surface area contributed by atoms with Crippen molar-refractivity contribution in [2.45, 2.75) is 77.3 Å². The van der Waals surface area contributed by atoms with E-state index in [0.717, 1.165) is 44.0 Å². The smallest absolute Gasteiger partial charge is 0.255 e. The van der Waals surface area contributed by atoms with Crippen LogP contribution in [0, 0.1) is 5.92 Å². The molecule has 35 heavy (non-hydrogen) atoms. The number of fused-ring (bicyclic) bond motifs is 1. The number of likely N-dealkylation sites (tertiary alicyclic amines) is 1. The third-order valence-corrected chi connectivity index (χ3v) is 8.03. The fraction of sp³-hybridized carbons (Fsp3) is 0.552. The third-order valence-electron chi connectivity index (χ3n) is 8.03. The molecule has 0 radical (unpaired) electrons. The number of carbonyl (C=O) groups excluding carboxylic acids is 3. The first-order chi connectivity index (χ1) is 16.9. The zero-order valence-corrected chi connectivity index (χ0v) is 21.0. The van der Waals surface area contributed by atoms with Crippen LogP contribution in [0.15, 0.2) is 41.5 Å². The molecule has 1 unspecified atom stereocenters. The molecular formula is C29H37N3O3. The van der Waals surface area contributed by atoms with Crippen molar-refractivity contribution in [3.05, 3.63) is 58.2 Å². The van der Waals surface area contributed by atoms with Gasteiger partial charge in [-0.3, -0.25) is 24.6 Å². The summed E-state index contributed by atoms with van der Waals surface area (Å²) < 4.78 is 0. The summed E-state index contributed by atoms with van der Waals surface area (Å²) in [4.78, 5) is 41.0. The zero-order valence-electron chi connectivity index (χ0n) is 21.0. The van der Waals surface area contributed by atoms with Gasteiger partial charge in [-0.1, -0.05) is 49.3 Å². The Morgan fingerprint density at radius 3 is 2.40 bits per heavy atom. The third kappa shape index (κ3) is 5.27. The molecule has 1 atom stereocenters. The highest BCUT2D eigenvalue weighted by atomic mass is 16.2. The fourth-order valence-electron chi connectivity index (χ4n) is 6.11. The summed E-state index contributed by atoms with van der Waals surface area (Å²) in [7, 11) is 0. The van der Waals surface area contributed by atoms with Crippen LogP contribution in [0.3, 0.4) is 0 Å². The summed E-state index contributed by atoms with van der Waals surface area (Å²) in [5.74, 6) is 0.537. The first kappa shape index (κ1) is 24.0. The standard InChI is InChI=1S/C29H37N3O3/c1-19(2)15-20-3-5-21(6-4-20)17-31-13-11-22(12-14-31)23-7-8-25-24(16-23)18-32(29(25)35)26-9-10-27(33)30-28(26)34/h3,5,7-8,16,19,22,26H,4,6,9-15,17-18H2,1-2H3,(H,30,33,34). The highest BCUT2D eigenvalue weighted by Crippen LogP contribution is 2.34. The van der Waals surface area contributed by atoms with Crippen LogP contribution < -0.4 is 5.32 Å². The predicted octanol–water partition coefficient (Wildman–Crippen LogP) is 4.32. The molecule has 0 bridgehead atoms. The first-order valence-corrected chi connectivity index (χ1v) is 13.2. The Kier molecular flexibility index (Phi) is 6.92. The Bertz CT molecular complexity index is 1080. The maximum absolute atomic E-state index is 13.0. The number of allylic oxidation sites excluding steroid dienone is 3. The highest BCUT2D eigenvalue weighted by Gasteiger charge is 2.39. The molecule has 2 saturated heterocycles. The molecule has 0 aromatic heterocycles. The summed E-state index contributed by atoms with van der Waals surface area (Å²) in [6.07, 6.45) is 11.3. The van der Waals surface area contributed by atoms with Gasteiger partial charge in [-0.25, -0.2) is 0 Å². The molecule has 5 rings (SSSR count). The summed E-state index contributed by atoms with van der Waals surface area (Å²) >= 11 is 0. The maximum Gasteiger partial charge on any atom is 0.255 e. The van der Waals surface area contributed by atoms with Gasteiger partial charge >= 0.3 is 0 Å². The fourth-order valence-corrected chi connectivity index (χ4v) is 6.11. The maximum atomic E-state index is 13.0. The van der Waals surface area contributed by atoms with Crippen molar-refractivity contribution >= 4 is 17.7 Å². The molecule has 6 nitrogen and oxygen atoms in total. The molecule has 3 aliphatic heterocycles. The molecule has 1 N–H and O–H groups in total. The van der Waals surface area contributed by atoms with Crippen molar-refractivity contribution in [1.82, 2.24) is 15.1 Å². The molecule has 1 aromatic carbocycles. The number of nitrogens with one attached hydrogen (secondary N) is 1. The van der Waals surface area contributed by atoms with Gasteiger partial charge in [0.05, 0.1) is 0 Å². The molecule has 6 heteroatoms. The average molecular weight is 476 g/mol. The van der Waals surface area contributed by atoms with Crippen molar-refractivity contribution in [3.8, 4) is 0 Å². The quantitative estimate of drug-likeness (QED) is 0.622. The van der Waals surface area contributed by atoms with Gasteiger partial charge < -0.3 is 4.90 Å². The number of piperidine rings is 2. The molecule has 3 amide bonds. The predicted molar refractivity (Wildman–Crippen MR) is 136 cm³/mol. The lowest BCUT2D eigenvalue weighted by molar-refractivity contribution is -0.136. The number of rotatable bonds is 6. The summed E-state index contributed by atoms with van der Waals surface area (Å²) in [5.41, 5.74) is 6.16. The summed E-state index contributed by atoms with van der Waals surface area (Å²) in [6.45, 7) is 8.31. The van der Waals surface area contributed by atoms with Crippen LogP contribution in [0.4, 0.5) is 0 Å². The van der Waals surface area contributed by atoms with Gasteiger partial charge in [0.25, 0.3) is 5.91 Å². The lowest BCUT2D eigenvalue weighted by atomic mass is 9.87. The van der Waals surface area contributed by atoms with Gasteiger partial charge in [0.1, 0.15) is 6.04 Å². The van der Waals surface area contributed by atoms with Crippen LogP contribution in [0.5, 0.6) is 0 Å². The molecule has 186 valence electrons. The summed E-state index contributed by atoms with van der Waals surface area (Å²) in [6, 6.07) is 5.68. The molecule has 4 aliphatic rings. The minimum atomic E-state index is -0.551. The van der Waals surface area contributed by atoms with Gasteiger partial charge in [0.15, 0.2) is 0 Å². The van der Waals surface area contributed by atoms with Crippen LogP contribution >= 0.6 is 0 Å². The van der Waals surface area contributed by atoms with Crippen molar-refractivity contribution in [3.63, 3.8) is 0 Å². The highest BCUT2D eigenvalue weighted by molar-refractivity contribution is 6.05. The Balaban J connectivity index is 1.17. The van der Waals surface area contributed by atoms with Crippen LogP contribution in [-0.2, 0) is 16.1 Å². The largest absolute Gasteiger partial charge is 0.322 e. The number of benzene rings is 1. The second-order valence-corrected chi connectivity index (χ2v) is 11.1. The number of nitrogens with zero attached hydrogens (tertiary/aromatic N) is 2. The van der Waals surface area contributed by atoms with E-state index in [1.165, 1.54) is 24.8 Å². The Morgan fingerprint density at radius 2 is 1.71 bits per heavy atom. The van der Waals surface area contributed by atoms with E-state index in [9.17, 15) is 14.4 Å². The van der Waals surface area contributed by atoms with E-state index in [4.69, 9.17) is 0 Å². The van der Waals surface area contributed by atoms with Crippen LogP contribution in [0.25, 0.3) is 0 Å². The van der Waals surface area contributed by atoms with E-state index < -0.39 is 6.04 Å². The Labute approximate surface area is 208 Å². The molecule has 1 aromatic rings. The normalized spacial score (nSPS) is 23.9. The van der Waals surface area contributed by atoms with Crippen LogP contribution in [-0.4, -0.2) is 53.2 Å². The average Bonchev–Trinajstić information content (AvgIpc) is 3.16. The Morgan fingerprint density at radius 1 is 0.971 bits per heavy atom. The van der Waals surface area contributed by atoms with Crippen molar-refractivity contribution < 1.29 is 14.4 Å². The van der Waals surface area contributed by atoms with Crippen molar-refractivity contribution in [1.29, 1.82) is 0 Å². The van der Waals surface area contributed by atoms with E-state index in [2.05, 4.69) is 48.3 Å². The minimum Gasteiger partial charge on any atom is -0.322 e. The molecule has 3 heterocycles. The van der Waals surface area contributed by atoms with E-state index >= 15 is 0 Å². The van der Waals surface area contributed by atoms with E-state index in [1.807, 2.05) is 6.07 Å². The van der Waals surface area contributed by atoms with Gasteiger partial charge in [-0.2, -0.15) is 0 Å². The number of amides is 3. The second kappa shape index (κ2) is 10.1. The first-order valence-electron chi connectivity index (χ1n) is 13.2. The number of carbonyl (C=O) groups is 3. The second-order valence-electron chi connectivity index (χ2n) is 11.1. The van der Waals surface area contributed by atoms with Crippen LogP contribution in [0.1, 0.15) is 86.2 Å². The Hall–Kier alpha value is -2.73. The van der Waals surface area contributed by atoms with E-state index in [-0.39, 0.29) is 24.1 Å². The number of hydrogen-bond acceptors (Lipinski definition) is 4. The molecule has 0 spiro atoms. The number of imide groups is 1. The molecule has 2 fully saturated rings. The monoisotopic (exact) mass is 475 g/mol. The lowest BCUT2D eigenvalue weighted by Gasteiger charge is -2.33. The minimum absolute atomic E-state index is 0.0952. The molecule has 0 saturated carbocycles. The van der Waals surface area contributed by atoms with Gasteiger partial charge in [-0.05, 0) is 80.6 Å².